The first-order valence-corrected chi connectivity index (χ1v) is 18.1. The first-order chi connectivity index (χ1) is 24.6. The Morgan fingerprint density at radius 3 is 1.57 bits per heavy atom. The normalized spacial score (nSPS) is 12.0. The third-order valence-electron chi connectivity index (χ3n) is 8.61. The zero-order valence-electron chi connectivity index (χ0n) is 29.6. The molecule has 3 rings (SSSR count). The van der Waals surface area contributed by atoms with Crippen LogP contribution in [0, 0.1) is 5.82 Å². The number of hydrogen-bond acceptors (Lipinski definition) is 6. The number of unbranched alkanes of at least 4 members (excludes halogenated alkanes) is 8. The zero-order chi connectivity index (χ0) is 36.8. The van der Waals surface area contributed by atoms with Crippen LogP contribution < -0.4 is 21.3 Å². The van der Waals surface area contributed by atoms with Gasteiger partial charge in [0.2, 0.25) is 23.6 Å². The molecule has 11 heteroatoms. The minimum atomic E-state index is -1.03. The van der Waals surface area contributed by atoms with Gasteiger partial charge in [-0.25, -0.2) is 4.39 Å². The lowest BCUT2D eigenvalue weighted by Gasteiger charge is -2.21. The van der Waals surface area contributed by atoms with Crippen LogP contribution in [-0.4, -0.2) is 59.0 Å². The van der Waals surface area contributed by atoms with E-state index in [9.17, 15) is 33.8 Å². The molecule has 3 aromatic rings. The molecule has 0 radical (unpaired) electrons. The number of phenolic OH excluding ortho intramolecular Hbond substituents is 2. The molecule has 0 aliphatic heterocycles. The third-order valence-corrected chi connectivity index (χ3v) is 8.61. The van der Waals surface area contributed by atoms with E-state index in [0.717, 1.165) is 30.4 Å². The van der Waals surface area contributed by atoms with Gasteiger partial charge in [0, 0.05) is 25.8 Å². The Hall–Kier alpha value is -4.93. The molecule has 0 aromatic heterocycles. The molecule has 0 fully saturated rings. The van der Waals surface area contributed by atoms with Crippen LogP contribution in [0.15, 0.2) is 72.8 Å². The molecule has 6 N–H and O–H groups in total. The molecule has 0 saturated carbocycles. The molecule has 10 nitrogen and oxygen atoms in total. The number of amides is 4. The molecule has 0 saturated heterocycles. The zero-order valence-corrected chi connectivity index (χ0v) is 29.6. The molecular weight excluding hydrogens is 651 g/mol. The Kier molecular flexibility index (Phi) is 18.0. The van der Waals surface area contributed by atoms with Crippen molar-refractivity contribution in [3.8, 4) is 11.5 Å². The van der Waals surface area contributed by atoms with E-state index in [-0.39, 0.29) is 42.5 Å². The van der Waals surface area contributed by atoms with Crippen LogP contribution in [0.2, 0.25) is 0 Å². The van der Waals surface area contributed by atoms with Gasteiger partial charge in [-0.2, -0.15) is 0 Å². The van der Waals surface area contributed by atoms with Crippen molar-refractivity contribution in [2.75, 3.05) is 13.1 Å². The Morgan fingerprint density at radius 1 is 0.588 bits per heavy atom. The van der Waals surface area contributed by atoms with Crippen molar-refractivity contribution in [3.63, 3.8) is 0 Å². The van der Waals surface area contributed by atoms with Crippen LogP contribution in [-0.2, 0) is 38.4 Å². The summed E-state index contributed by atoms with van der Waals surface area (Å²) in [7, 11) is 0. The van der Waals surface area contributed by atoms with Crippen molar-refractivity contribution in [2.24, 2.45) is 0 Å². The second-order valence-electron chi connectivity index (χ2n) is 12.9. The van der Waals surface area contributed by atoms with E-state index >= 15 is 0 Å². The molecule has 0 heterocycles. The van der Waals surface area contributed by atoms with Gasteiger partial charge in [-0.1, -0.05) is 94.7 Å². The summed E-state index contributed by atoms with van der Waals surface area (Å²) in [6, 6.07) is 16.5. The number of rotatable bonds is 23. The van der Waals surface area contributed by atoms with Gasteiger partial charge in [-0.3, -0.25) is 19.2 Å². The van der Waals surface area contributed by atoms with Gasteiger partial charge >= 0.3 is 0 Å². The molecule has 0 aliphatic rings. The maximum atomic E-state index is 13.3. The van der Waals surface area contributed by atoms with Gasteiger partial charge in [0.15, 0.2) is 0 Å². The highest BCUT2D eigenvalue weighted by molar-refractivity contribution is 5.92. The Morgan fingerprint density at radius 2 is 1.04 bits per heavy atom. The lowest BCUT2D eigenvalue weighted by atomic mass is 10.0. The summed E-state index contributed by atoms with van der Waals surface area (Å²) in [6.45, 7) is 2.25. The number of aromatic hydroxyl groups is 2. The van der Waals surface area contributed by atoms with Crippen LogP contribution in [0.5, 0.6) is 11.5 Å². The fourth-order valence-corrected chi connectivity index (χ4v) is 5.64. The molecule has 51 heavy (non-hydrogen) atoms. The minimum absolute atomic E-state index is 0.0541. The lowest BCUT2D eigenvalue weighted by molar-refractivity contribution is -0.131. The predicted molar refractivity (Wildman–Crippen MR) is 195 cm³/mol. The van der Waals surface area contributed by atoms with E-state index in [1.54, 1.807) is 36.4 Å². The summed E-state index contributed by atoms with van der Waals surface area (Å²) in [6.07, 6.45) is 11.1. The summed E-state index contributed by atoms with van der Waals surface area (Å²) in [4.78, 5) is 52.5. The summed E-state index contributed by atoms with van der Waals surface area (Å²) in [5.74, 6) is -2.17. The summed E-state index contributed by atoms with van der Waals surface area (Å²) < 4.78 is 13.3. The van der Waals surface area contributed by atoms with Gasteiger partial charge in [0.1, 0.15) is 29.4 Å². The number of halogens is 1. The molecular formula is C40H53FN4O6. The number of nitrogens with one attached hydrogen (secondary N) is 4. The van der Waals surface area contributed by atoms with Crippen molar-refractivity contribution < 1.29 is 33.8 Å². The Balaban J connectivity index is 1.55. The number of carbonyl (C=O) groups excluding carboxylic acids is 4. The minimum Gasteiger partial charge on any atom is -0.508 e. The Labute approximate surface area is 300 Å². The number of carbonyl (C=O) groups is 4. The molecule has 0 unspecified atom stereocenters. The monoisotopic (exact) mass is 704 g/mol. The van der Waals surface area contributed by atoms with Crippen molar-refractivity contribution in [2.45, 2.75) is 102 Å². The van der Waals surface area contributed by atoms with E-state index in [1.807, 2.05) is 0 Å². The van der Waals surface area contributed by atoms with Gasteiger partial charge in [0.25, 0.3) is 0 Å². The first-order valence-electron chi connectivity index (χ1n) is 18.1. The van der Waals surface area contributed by atoms with E-state index in [4.69, 9.17) is 0 Å². The first kappa shape index (κ1) is 40.5. The number of benzene rings is 3. The van der Waals surface area contributed by atoms with Crippen molar-refractivity contribution in [3.05, 3.63) is 95.3 Å². The fourth-order valence-electron chi connectivity index (χ4n) is 5.64. The smallest absolute Gasteiger partial charge is 0.243 e. The molecule has 0 aliphatic carbocycles. The second-order valence-corrected chi connectivity index (χ2v) is 12.9. The van der Waals surface area contributed by atoms with Gasteiger partial charge in [-0.15, -0.1) is 0 Å². The van der Waals surface area contributed by atoms with Crippen LogP contribution in [0.1, 0.15) is 87.8 Å². The molecule has 2 atom stereocenters. The fraction of sp³-hybridized carbons (Fsp3) is 0.450. The van der Waals surface area contributed by atoms with Crippen LogP contribution >= 0.6 is 0 Å². The van der Waals surface area contributed by atoms with E-state index in [1.165, 1.54) is 74.9 Å². The molecule has 0 spiro atoms. The van der Waals surface area contributed by atoms with Crippen molar-refractivity contribution >= 4 is 23.6 Å². The largest absolute Gasteiger partial charge is 0.508 e. The maximum Gasteiger partial charge on any atom is 0.243 e. The number of hydrogen-bond donors (Lipinski definition) is 6. The topological polar surface area (TPSA) is 157 Å². The average molecular weight is 705 g/mol. The van der Waals surface area contributed by atoms with Crippen LogP contribution in [0.25, 0.3) is 0 Å². The number of aryl methyl sites for hydroxylation is 1. The van der Waals surface area contributed by atoms with Crippen LogP contribution in [0.3, 0.4) is 0 Å². The highest BCUT2D eigenvalue weighted by Crippen LogP contribution is 2.14. The second kappa shape index (κ2) is 22.7. The molecule has 4 amide bonds. The molecule has 0 bridgehead atoms. The quantitative estimate of drug-likeness (QED) is 0.0728. The maximum absolute atomic E-state index is 13.3. The summed E-state index contributed by atoms with van der Waals surface area (Å²) in [5.41, 5.74) is 2.17. The average Bonchev–Trinajstić information content (AvgIpc) is 3.12. The standard InChI is InChI=1S/C40H53FN4O6/c1-2-3-4-5-6-7-8-9-10-25-42-39(50)35(26-30-13-20-33(46)21-14-30)45-38(49)28-43-40(51)36(27-31-15-22-34(47)23-16-31)44-37(48)24-17-29-11-18-32(41)19-12-29/h11-16,18-23,35-36,46-47H,2-10,17,24-28H2,1H3,(H,42,50)(H,43,51)(H,44,48)(H,45,49)/t35-,36-/m0/s1. The predicted octanol–water partition coefficient (Wildman–Crippen LogP) is 5.39. The van der Waals surface area contributed by atoms with E-state index in [0.29, 0.717) is 18.5 Å². The SMILES string of the molecule is CCCCCCCCCCCNC(=O)[C@H](Cc1ccc(O)cc1)NC(=O)CNC(=O)[C@H](Cc1ccc(O)cc1)NC(=O)CCc1ccc(F)cc1. The summed E-state index contributed by atoms with van der Waals surface area (Å²) in [5, 5.41) is 30.3. The Bertz CT molecular complexity index is 1500. The van der Waals surface area contributed by atoms with Crippen molar-refractivity contribution in [1.82, 2.24) is 21.3 Å². The molecule has 276 valence electrons. The van der Waals surface area contributed by atoms with Crippen molar-refractivity contribution in [1.29, 1.82) is 0 Å². The van der Waals surface area contributed by atoms with Gasteiger partial charge in [0.05, 0.1) is 6.54 Å². The highest BCUT2D eigenvalue weighted by Gasteiger charge is 2.24. The molecule has 3 aromatic carbocycles. The number of phenols is 2. The summed E-state index contributed by atoms with van der Waals surface area (Å²) >= 11 is 0. The third kappa shape index (κ3) is 16.6. The van der Waals surface area contributed by atoms with E-state index in [2.05, 4.69) is 28.2 Å². The van der Waals surface area contributed by atoms with Crippen LogP contribution in [0.4, 0.5) is 4.39 Å². The lowest BCUT2D eigenvalue weighted by Crippen LogP contribution is -2.53. The highest BCUT2D eigenvalue weighted by atomic mass is 19.1. The van der Waals surface area contributed by atoms with Gasteiger partial charge in [-0.05, 0) is 65.9 Å². The van der Waals surface area contributed by atoms with Gasteiger partial charge < -0.3 is 31.5 Å². The van der Waals surface area contributed by atoms with E-state index < -0.39 is 36.3 Å².